The van der Waals surface area contributed by atoms with Crippen LogP contribution in [-0.4, -0.2) is 28.2 Å². The van der Waals surface area contributed by atoms with Crippen LogP contribution in [0.4, 0.5) is 5.82 Å². The van der Waals surface area contributed by atoms with Crippen molar-refractivity contribution in [2.75, 3.05) is 18.5 Å². The molecule has 1 aromatic rings. The standard InChI is InChI=1S/C12H21N3O/c1-9-7-11(15-10(2)14-9)13-8-12(3,4)5-6-16/h7,16H,5-6,8H2,1-4H3,(H,13,14,15). The molecule has 16 heavy (non-hydrogen) atoms. The van der Waals surface area contributed by atoms with Crippen LogP contribution in [0.15, 0.2) is 6.07 Å². The Labute approximate surface area is 97.1 Å². The molecule has 0 aliphatic heterocycles. The molecule has 0 atom stereocenters. The van der Waals surface area contributed by atoms with E-state index in [4.69, 9.17) is 5.11 Å². The van der Waals surface area contributed by atoms with Crippen LogP contribution in [0.25, 0.3) is 0 Å². The van der Waals surface area contributed by atoms with E-state index in [1.54, 1.807) is 0 Å². The van der Waals surface area contributed by atoms with Gasteiger partial charge in [0.25, 0.3) is 0 Å². The second-order valence-electron chi connectivity index (χ2n) is 4.93. The molecular weight excluding hydrogens is 202 g/mol. The smallest absolute Gasteiger partial charge is 0.129 e. The van der Waals surface area contributed by atoms with Crippen molar-refractivity contribution in [1.82, 2.24) is 9.97 Å². The number of aliphatic hydroxyl groups is 1. The minimum atomic E-state index is 0.0709. The zero-order valence-corrected chi connectivity index (χ0v) is 10.5. The lowest BCUT2D eigenvalue weighted by molar-refractivity contribution is 0.220. The molecule has 0 spiro atoms. The first-order valence-electron chi connectivity index (χ1n) is 5.60. The molecule has 0 aromatic carbocycles. The number of aromatic nitrogens is 2. The maximum absolute atomic E-state index is 8.93. The SMILES string of the molecule is Cc1cc(NCC(C)(C)CCO)nc(C)n1. The van der Waals surface area contributed by atoms with E-state index in [9.17, 15) is 0 Å². The average molecular weight is 223 g/mol. The van der Waals surface area contributed by atoms with E-state index in [0.29, 0.717) is 0 Å². The van der Waals surface area contributed by atoms with Gasteiger partial charge in [-0.3, -0.25) is 0 Å². The Morgan fingerprint density at radius 2 is 2.00 bits per heavy atom. The van der Waals surface area contributed by atoms with E-state index >= 15 is 0 Å². The third kappa shape index (κ3) is 4.14. The summed E-state index contributed by atoms with van der Waals surface area (Å²) in [6.07, 6.45) is 0.781. The van der Waals surface area contributed by atoms with E-state index in [2.05, 4.69) is 29.1 Å². The van der Waals surface area contributed by atoms with Gasteiger partial charge in [0, 0.05) is 24.9 Å². The summed E-state index contributed by atoms with van der Waals surface area (Å²) in [6.45, 7) is 9.10. The van der Waals surface area contributed by atoms with Gasteiger partial charge in [-0.1, -0.05) is 13.8 Å². The van der Waals surface area contributed by atoms with Crippen molar-refractivity contribution in [2.45, 2.75) is 34.1 Å². The quantitative estimate of drug-likeness (QED) is 0.800. The van der Waals surface area contributed by atoms with Gasteiger partial charge >= 0.3 is 0 Å². The Morgan fingerprint density at radius 3 is 2.56 bits per heavy atom. The van der Waals surface area contributed by atoms with Crippen molar-refractivity contribution >= 4 is 5.82 Å². The summed E-state index contributed by atoms with van der Waals surface area (Å²) in [7, 11) is 0. The van der Waals surface area contributed by atoms with Gasteiger partial charge in [-0.25, -0.2) is 9.97 Å². The summed E-state index contributed by atoms with van der Waals surface area (Å²) in [5, 5.41) is 12.2. The van der Waals surface area contributed by atoms with Crippen molar-refractivity contribution < 1.29 is 5.11 Å². The predicted octanol–water partition coefficient (Wildman–Crippen LogP) is 1.91. The summed E-state index contributed by atoms with van der Waals surface area (Å²) in [5.41, 5.74) is 1.04. The maximum Gasteiger partial charge on any atom is 0.129 e. The molecule has 2 N–H and O–H groups in total. The third-order valence-electron chi connectivity index (χ3n) is 2.50. The summed E-state index contributed by atoms with van der Waals surface area (Å²) in [6, 6.07) is 1.93. The molecule has 0 unspecified atom stereocenters. The van der Waals surface area contributed by atoms with Crippen LogP contribution < -0.4 is 5.32 Å². The highest BCUT2D eigenvalue weighted by molar-refractivity contribution is 5.35. The van der Waals surface area contributed by atoms with Gasteiger partial charge in [-0.15, -0.1) is 0 Å². The summed E-state index contributed by atoms with van der Waals surface area (Å²) in [5.74, 6) is 1.64. The van der Waals surface area contributed by atoms with Gasteiger partial charge in [0.1, 0.15) is 11.6 Å². The highest BCUT2D eigenvalue weighted by Crippen LogP contribution is 2.20. The number of aliphatic hydroxyl groups excluding tert-OH is 1. The van der Waals surface area contributed by atoms with Crippen LogP contribution in [0, 0.1) is 19.3 Å². The number of anilines is 1. The summed E-state index contributed by atoms with van der Waals surface area (Å²) in [4.78, 5) is 8.54. The Hall–Kier alpha value is -1.16. The topological polar surface area (TPSA) is 58.0 Å². The van der Waals surface area contributed by atoms with E-state index in [0.717, 1.165) is 30.3 Å². The van der Waals surface area contributed by atoms with Crippen LogP contribution in [-0.2, 0) is 0 Å². The maximum atomic E-state index is 8.93. The van der Waals surface area contributed by atoms with E-state index in [1.807, 2.05) is 19.9 Å². The van der Waals surface area contributed by atoms with Crippen molar-refractivity contribution in [3.63, 3.8) is 0 Å². The molecular formula is C12H21N3O. The zero-order valence-electron chi connectivity index (χ0n) is 10.5. The fourth-order valence-electron chi connectivity index (χ4n) is 1.53. The normalized spacial score (nSPS) is 11.6. The molecule has 0 saturated carbocycles. The van der Waals surface area contributed by atoms with Gasteiger partial charge in [-0.05, 0) is 25.7 Å². The van der Waals surface area contributed by atoms with Crippen LogP contribution >= 0.6 is 0 Å². The van der Waals surface area contributed by atoms with Crippen LogP contribution in [0.5, 0.6) is 0 Å². The van der Waals surface area contributed by atoms with Crippen LogP contribution in [0.2, 0.25) is 0 Å². The molecule has 0 saturated heterocycles. The van der Waals surface area contributed by atoms with Gasteiger partial charge in [-0.2, -0.15) is 0 Å². The molecule has 4 nitrogen and oxygen atoms in total. The Kier molecular flexibility index (Phi) is 4.24. The first-order valence-corrected chi connectivity index (χ1v) is 5.60. The number of nitrogens with zero attached hydrogens (tertiary/aromatic N) is 2. The highest BCUT2D eigenvalue weighted by Gasteiger charge is 2.16. The molecule has 0 fully saturated rings. The Balaban J connectivity index is 2.60. The van der Waals surface area contributed by atoms with Gasteiger partial charge in [0.05, 0.1) is 0 Å². The molecule has 4 heteroatoms. The minimum absolute atomic E-state index is 0.0709. The summed E-state index contributed by atoms with van der Waals surface area (Å²) < 4.78 is 0. The van der Waals surface area contributed by atoms with Gasteiger partial charge < -0.3 is 10.4 Å². The third-order valence-corrected chi connectivity index (χ3v) is 2.50. The fraction of sp³-hybridized carbons (Fsp3) is 0.667. The van der Waals surface area contributed by atoms with E-state index in [1.165, 1.54) is 0 Å². The molecule has 0 radical (unpaired) electrons. The molecule has 1 aromatic heterocycles. The lowest BCUT2D eigenvalue weighted by Crippen LogP contribution is -2.24. The molecule has 0 amide bonds. The Bertz CT molecular complexity index is 330. The number of hydrogen-bond acceptors (Lipinski definition) is 4. The van der Waals surface area contributed by atoms with Crippen molar-refractivity contribution in [1.29, 1.82) is 0 Å². The van der Waals surface area contributed by atoms with Gasteiger partial charge in [0.15, 0.2) is 0 Å². The number of rotatable bonds is 5. The molecule has 1 rings (SSSR count). The van der Waals surface area contributed by atoms with E-state index in [-0.39, 0.29) is 12.0 Å². The lowest BCUT2D eigenvalue weighted by Gasteiger charge is -2.24. The first kappa shape index (κ1) is 12.9. The van der Waals surface area contributed by atoms with Crippen LogP contribution in [0.3, 0.4) is 0 Å². The number of aryl methyl sites for hydroxylation is 2. The summed E-state index contributed by atoms with van der Waals surface area (Å²) >= 11 is 0. The first-order chi connectivity index (χ1) is 7.43. The van der Waals surface area contributed by atoms with Gasteiger partial charge in [0.2, 0.25) is 0 Å². The number of nitrogens with one attached hydrogen (secondary N) is 1. The largest absolute Gasteiger partial charge is 0.396 e. The molecule has 0 bridgehead atoms. The second kappa shape index (κ2) is 5.25. The highest BCUT2D eigenvalue weighted by atomic mass is 16.3. The minimum Gasteiger partial charge on any atom is -0.396 e. The zero-order chi connectivity index (χ0) is 12.2. The molecule has 0 aliphatic carbocycles. The fourth-order valence-corrected chi connectivity index (χ4v) is 1.53. The van der Waals surface area contributed by atoms with Crippen molar-refractivity contribution in [3.8, 4) is 0 Å². The van der Waals surface area contributed by atoms with Crippen molar-refractivity contribution in [3.05, 3.63) is 17.6 Å². The van der Waals surface area contributed by atoms with Crippen LogP contribution in [0.1, 0.15) is 31.8 Å². The molecule has 1 heterocycles. The Morgan fingerprint density at radius 1 is 1.31 bits per heavy atom. The average Bonchev–Trinajstić information content (AvgIpc) is 2.13. The van der Waals surface area contributed by atoms with Crippen molar-refractivity contribution in [2.24, 2.45) is 5.41 Å². The predicted molar refractivity (Wildman–Crippen MR) is 65.5 cm³/mol. The van der Waals surface area contributed by atoms with E-state index < -0.39 is 0 Å². The lowest BCUT2D eigenvalue weighted by atomic mass is 9.90. The second-order valence-corrected chi connectivity index (χ2v) is 4.93. The molecule has 90 valence electrons. The molecule has 0 aliphatic rings. The number of hydrogen-bond donors (Lipinski definition) is 2. The monoisotopic (exact) mass is 223 g/mol.